The molecule has 2 aromatic rings. The summed E-state index contributed by atoms with van der Waals surface area (Å²) in [5, 5.41) is 14.5. The second kappa shape index (κ2) is 12.3. The summed E-state index contributed by atoms with van der Waals surface area (Å²) in [6.45, 7) is 2.02. The third-order valence-electron chi connectivity index (χ3n) is 4.56. The topological polar surface area (TPSA) is 105 Å². The maximum Gasteiger partial charge on any atom is 0.408 e. The number of carboxylic acids is 1. The van der Waals surface area contributed by atoms with Crippen molar-refractivity contribution in [2.45, 2.75) is 51.3 Å². The molecule has 30 heavy (non-hydrogen) atoms. The van der Waals surface area contributed by atoms with Crippen molar-refractivity contribution in [3.8, 4) is 0 Å². The van der Waals surface area contributed by atoms with Crippen LogP contribution < -0.4 is 10.6 Å². The molecule has 0 aliphatic rings. The van der Waals surface area contributed by atoms with Crippen LogP contribution in [0.4, 0.5) is 4.79 Å². The summed E-state index contributed by atoms with van der Waals surface area (Å²) in [6, 6.07) is 16.4. The van der Waals surface area contributed by atoms with Gasteiger partial charge in [-0.1, -0.05) is 80.4 Å². The smallest absolute Gasteiger partial charge is 0.408 e. The van der Waals surface area contributed by atoms with Crippen LogP contribution in [0.5, 0.6) is 0 Å². The number of aliphatic carboxylic acids is 1. The first kappa shape index (κ1) is 22.9. The van der Waals surface area contributed by atoms with Crippen LogP contribution in [0.2, 0.25) is 0 Å². The van der Waals surface area contributed by atoms with Crippen molar-refractivity contribution in [2.24, 2.45) is 0 Å². The fourth-order valence-electron chi connectivity index (χ4n) is 2.90. The van der Waals surface area contributed by atoms with Crippen molar-refractivity contribution >= 4 is 18.0 Å². The molecule has 0 saturated heterocycles. The molecule has 2 atom stereocenters. The maximum atomic E-state index is 12.8. The molecule has 7 heteroatoms. The lowest BCUT2D eigenvalue weighted by atomic mass is 10.0. The Hall–Kier alpha value is -3.35. The van der Waals surface area contributed by atoms with E-state index < -0.39 is 30.1 Å². The molecule has 0 aromatic heterocycles. The summed E-state index contributed by atoms with van der Waals surface area (Å²) < 4.78 is 5.22. The summed E-state index contributed by atoms with van der Waals surface area (Å²) in [5.41, 5.74) is 1.66. The van der Waals surface area contributed by atoms with E-state index in [-0.39, 0.29) is 13.0 Å². The zero-order chi connectivity index (χ0) is 21.8. The zero-order valence-electron chi connectivity index (χ0n) is 17.0. The van der Waals surface area contributed by atoms with Gasteiger partial charge < -0.3 is 20.5 Å². The summed E-state index contributed by atoms with van der Waals surface area (Å²) in [6.07, 6.45) is 1.29. The molecule has 0 saturated carbocycles. The van der Waals surface area contributed by atoms with Gasteiger partial charge in [-0.2, -0.15) is 0 Å². The third kappa shape index (κ3) is 7.95. The molecule has 0 fully saturated rings. The summed E-state index contributed by atoms with van der Waals surface area (Å²) >= 11 is 0. The van der Waals surface area contributed by atoms with Gasteiger partial charge in [-0.15, -0.1) is 0 Å². The first-order valence-electron chi connectivity index (χ1n) is 10.0. The normalized spacial score (nSPS) is 12.4. The van der Waals surface area contributed by atoms with Crippen LogP contribution in [0, 0.1) is 0 Å². The number of ether oxygens (including phenoxy) is 1. The molecule has 2 rings (SSSR count). The van der Waals surface area contributed by atoms with Gasteiger partial charge in [0.1, 0.15) is 18.7 Å². The summed E-state index contributed by atoms with van der Waals surface area (Å²) in [4.78, 5) is 36.6. The van der Waals surface area contributed by atoms with Gasteiger partial charge in [0.2, 0.25) is 5.91 Å². The number of hydrogen-bond donors (Lipinski definition) is 3. The highest BCUT2D eigenvalue weighted by atomic mass is 16.5. The van der Waals surface area contributed by atoms with E-state index in [1.807, 2.05) is 67.6 Å². The Labute approximate surface area is 176 Å². The zero-order valence-corrected chi connectivity index (χ0v) is 17.0. The monoisotopic (exact) mass is 412 g/mol. The highest BCUT2D eigenvalue weighted by molar-refractivity contribution is 5.89. The van der Waals surface area contributed by atoms with Crippen LogP contribution >= 0.6 is 0 Å². The van der Waals surface area contributed by atoms with E-state index in [0.29, 0.717) is 12.8 Å². The lowest BCUT2D eigenvalue weighted by molar-refractivity contribution is -0.142. The number of carbonyl (C=O) groups is 3. The largest absolute Gasteiger partial charge is 0.480 e. The van der Waals surface area contributed by atoms with Crippen molar-refractivity contribution in [1.29, 1.82) is 0 Å². The number of benzene rings is 2. The van der Waals surface area contributed by atoms with Crippen LogP contribution in [0.1, 0.15) is 37.3 Å². The van der Waals surface area contributed by atoms with E-state index in [9.17, 15) is 19.5 Å². The van der Waals surface area contributed by atoms with E-state index in [2.05, 4.69) is 10.6 Å². The molecule has 2 aromatic carbocycles. The number of carbonyl (C=O) groups excluding carboxylic acids is 2. The van der Waals surface area contributed by atoms with E-state index >= 15 is 0 Å². The molecule has 0 aliphatic heterocycles. The number of nitrogens with one attached hydrogen (secondary N) is 2. The number of hydrogen-bond acceptors (Lipinski definition) is 4. The second-order valence-electron chi connectivity index (χ2n) is 6.99. The van der Waals surface area contributed by atoms with Gasteiger partial charge in [0, 0.05) is 6.42 Å². The van der Waals surface area contributed by atoms with Gasteiger partial charge in [0.25, 0.3) is 0 Å². The first-order chi connectivity index (χ1) is 14.5. The molecule has 2 amide bonds. The van der Waals surface area contributed by atoms with E-state index in [4.69, 9.17) is 4.74 Å². The molecule has 3 N–H and O–H groups in total. The number of amides is 2. The lowest BCUT2D eigenvalue weighted by Gasteiger charge is -2.21. The number of rotatable bonds is 11. The van der Waals surface area contributed by atoms with Crippen molar-refractivity contribution in [1.82, 2.24) is 10.6 Å². The average Bonchev–Trinajstić information content (AvgIpc) is 2.76. The minimum atomic E-state index is -1.10. The maximum absolute atomic E-state index is 12.8. The predicted molar refractivity (Wildman–Crippen MR) is 113 cm³/mol. The highest BCUT2D eigenvalue weighted by Crippen LogP contribution is 2.07. The summed E-state index contributed by atoms with van der Waals surface area (Å²) in [7, 11) is 0. The number of alkyl carbamates (subject to hydrolysis) is 1. The Bertz CT molecular complexity index is 811. The van der Waals surface area contributed by atoms with Crippen molar-refractivity contribution in [3.63, 3.8) is 0 Å². The van der Waals surface area contributed by atoms with Gasteiger partial charge in [-0.3, -0.25) is 4.79 Å². The van der Waals surface area contributed by atoms with E-state index in [1.165, 1.54) is 0 Å². The minimum Gasteiger partial charge on any atom is -0.480 e. The quantitative estimate of drug-likeness (QED) is 0.525. The Morgan fingerprint density at radius 3 is 2.07 bits per heavy atom. The van der Waals surface area contributed by atoms with Crippen LogP contribution in [-0.2, 0) is 27.4 Å². The van der Waals surface area contributed by atoms with Crippen molar-refractivity contribution in [3.05, 3.63) is 71.8 Å². The predicted octanol–water partition coefficient (Wildman–Crippen LogP) is 3.28. The fourth-order valence-corrected chi connectivity index (χ4v) is 2.90. The SMILES string of the molecule is CCCC[C@H](NC(=O)[C@@H](Cc1ccccc1)NC(=O)OCc1ccccc1)C(=O)O. The number of unbranched alkanes of at least 4 members (excludes halogenated alkanes) is 1. The van der Waals surface area contributed by atoms with Gasteiger partial charge in [0.05, 0.1) is 0 Å². The molecule has 0 heterocycles. The number of carboxylic acid groups (broad SMARTS) is 1. The van der Waals surface area contributed by atoms with E-state index in [0.717, 1.165) is 17.5 Å². The Morgan fingerprint density at radius 1 is 0.900 bits per heavy atom. The Morgan fingerprint density at radius 2 is 1.50 bits per heavy atom. The summed E-state index contributed by atoms with van der Waals surface area (Å²) in [5.74, 6) is -1.65. The molecular weight excluding hydrogens is 384 g/mol. The van der Waals surface area contributed by atoms with Crippen LogP contribution in [0.3, 0.4) is 0 Å². The highest BCUT2D eigenvalue weighted by Gasteiger charge is 2.27. The molecule has 0 spiro atoms. The van der Waals surface area contributed by atoms with E-state index in [1.54, 1.807) is 0 Å². The van der Waals surface area contributed by atoms with Gasteiger partial charge in [-0.05, 0) is 17.5 Å². The minimum absolute atomic E-state index is 0.0700. The second-order valence-corrected chi connectivity index (χ2v) is 6.99. The molecule has 0 unspecified atom stereocenters. The molecule has 0 bridgehead atoms. The van der Waals surface area contributed by atoms with Crippen molar-refractivity contribution < 1.29 is 24.2 Å². The molecular formula is C23H28N2O5. The van der Waals surface area contributed by atoms with Crippen LogP contribution in [0.15, 0.2) is 60.7 Å². The van der Waals surface area contributed by atoms with Crippen LogP contribution in [0.25, 0.3) is 0 Å². The first-order valence-corrected chi connectivity index (χ1v) is 10.0. The standard InChI is InChI=1S/C23H28N2O5/c1-2-3-14-19(22(27)28)24-21(26)20(15-17-10-6-4-7-11-17)25-23(29)30-16-18-12-8-5-9-13-18/h4-13,19-20H,2-3,14-16H2,1H3,(H,24,26)(H,25,29)(H,27,28)/t19-,20+/m0/s1. The van der Waals surface area contributed by atoms with Crippen molar-refractivity contribution in [2.75, 3.05) is 0 Å². The van der Waals surface area contributed by atoms with Crippen LogP contribution in [-0.4, -0.2) is 35.2 Å². The van der Waals surface area contributed by atoms with Gasteiger partial charge in [0.15, 0.2) is 0 Å². The molecule has 7 nitrogen and oxygen atoms in total. The lowest BCUT2D eigenvalue weighted by Crippen LogP contribution is -2.52. The third-order valence-corrected chi connectivity index (χ3v) is 4.56. The molecule has 160 valence electrons. The molecule has 0 aliphatic carbocycles. The fraction of sp³-hybridized carbons (Fsp3) is 0.348. The Kier molecular flexibility index (Phi) is 9.37. The molecule has 0 radical (unpaired) electrons. The van der Waals surface area contributed by atoms with Gasteiger partial charge >= 0.3 is 12.1 Å². The average molecular weight is 412 g/mol. The Balaban J connectivity index is 2.04. The van der Waals surface area contributed by atoms with Gasteiger partial charge in [-0.25, -0.2) is 9.59 Å².